The lowest BCUT2D eigenvalue weighted by atomic mass is 9.93. The molecule has 4 aromatic rings. The van der Waals surface area contributed by atoms with Gasteiger partial charge >= 0.3 is 5.97 Å². The number of aromatic nitrogens is 2. The average Bonchev–Trinajstić information content (AvgIpc) is 2.96. The summed E-state index contributed by atoms with van der Waals surface area (Å²) in [6, 6.07) is 22.9. The highest BCUT2D eigenvalue weighted by atomic mass is 32.2. The van der Waals surface area contributed by atoms with Crippen LogP contribution in [0.2, 0.25) is 0 Å². The first-order valence-corrected chi connectivity index (χ1v) is 14.1. The number of benzene rings is 3. The van der Waals surface area contributed by atoms with Crippen LogP contribution in [0, 0.1) is 6.92 Å². The maximum atomic E-state index is 13.4. The Morgan fingerprint density at radius 2 is 1.62 bits per heavy atom. The molecule has 1 aromatic heterocycles. The highest BCUT2D eigenvalue weighted by Gasteiger charge is 2.23. The van der Waals surface area contributed by atoms with Gasteiger partial charge in [-0.2, -0.15) is 11.8 Å². The number of carbonyl (C=O) groups excluding carboxylic acids is 1. The van der Waals surface area contributed by atoms with E-state index in [1.807, 2.05) is 67.8 Å². The Hall–Kier alpha value is -4.17. The van der Waals surface area contributed by atoms with Crippen molar-refractivity contribution in [2.75, 3.05) is 16.9 Å². The van der Waals surface area contributed by atoms with Crippen LogP contribution in [0.1, 0.15) is 33.5 Å². The second kappa shape index (κ2) is 13.6. The summed E-state index contributed by atoms with van der Waals surface area (Å²) in [5.41, 5.74) is 6.21. The number of carbonyl (C=O) groups is 2. The van der Waals surface area contributed by atoms with Gasteiger partial charge in [-0.15, -0.1) is 0 Å². The summed E-state index contributed by atoms with van der Waals surface area (Å²) in [5.74, 6) is -0.791. The van der Waals surface area contributed by atoms with Crippen LogP contribution in [-0.2, 0) is 17.9 Å². The number of amides is 1. The van der Waals surface area contributed by atoms with Gasteiger partial charge in [0, 0.05) is 18.7 Å². The molecule has 0 bridgehead atoms. The van der Waals surface area contributed by atoms with Gasteiger partial charge < -0.3 is 15.3 Å². The molecule has 3 aromatic carbocycles. The molecule has 1 atom stereocenters. The minimum absolute atomic E-state index is 0.355. The number of rotatable bonds is 12. The summed E-state index contributed by atoms with van der Waals surface area (Å²) in [6.07, 6.45) is 7.37. The first kappa shape index (κ1) is 27.9. The molecule has 0 spiro atoms. The molecule has 2 N–H and O–H groups in total. The van der Waals surface area contributed by atoms with Crippen molar-refractivity contribution in [3.05, 3.63) is 114 Å². The van der Waals surface area contributed by atoms with Gasteiger partial charge in [-0.1, -0.05) is 60.7 Å². The van der Waals surface area contributed by atoms with E-state index in [-0.39, 0.29) is 0 Å². The highest BCUT2D eigenvalue weighted by Crippen LogP contribution is 2.30. The molecule has 0 unspecified atom stereocenters. The Balaban J connectivity index is 1.70. The highest BCUT2D eigenvalue weighted by molar-refractivity contribution is 7.98. The maximum Gasteiger partial charge on any atom is 0.326 e. The van der Waals surface area contributed by atoms with Gasteiger partial charge in [0.05, 0.1) is 18.1 Å². The molecule has 0 aliphatic carbocycles. The van der Waals surface area contributed by atoms with Gasteiger partial charge in [0.25, 0.3) is 5.91 Å². The van der Waals surface area contributed by atoms with E-state index < -0.39 is 17.9 Å². The van der Waals surface area contributed by atoms with Crippen molar-refractivity contribution in [3.8, 4) is 11.1 Å². The molecule has 8 heteroatoms. The van der Waals surface area contributed by atoms with Gasteiger partial charge in [0.15, 0.2) is 0 Å². The van der Waals surface area contributed by atoms with Gasteiger partial charge in [-0.05, 0) is 65.3 Å². The molecular weight excluding hydrogens is 508 g/mol. The lowest BCUT2D eigenvalue weighted by molar-refractivity contribution is -0.139. The number of aliphatic carboxylic acids is 1. The van der Waals surface area contributed by atoms with Crippen LogP contribution >= 0.6 is 11.8 Å². The second-order valence-corrected chi connectivity index (χ2v) is 10.3. The average molecular weight is 541 g/mol. The lowest BCUT2D eigenvalue weighted by Gasteiger charge is -2.25. The van der Waals surface area contributed by atoms with Crippen molar-refractivity contribution in [2.24, 2.45) is 0 Å². The monoisotopic (exact) mass is 540 g/mol. The van der Waals surface area contributed by atoms with Gasteiger partial charge in [-0.25, -0.2) is 14.8 Å². The number of thioether (sulfide) groups is 1. The SMILES string of the molecule is CSCC[C@H](NC(=O)c1ccc(CN(Cc2ccccc2)c2cncnc2)cc1-c1ccccc1C)C(=O)O. The van der Waals surface area contributed by atoms with Crippen LogP contribution in [0.4, 0.5) is 5.69 Å². The van der Waals surface area contributed by atoms with Crippen molar-refractivity contribution in [3.63, 3.8) is 0 Å². The lowest BCUT2D eigenvalue weighted by Crippen LogP contribution is -2.41. The zero-order valence-electron chi connectivity index (χ0n) is 22.1. The summed E-state index contributed by atoms with van der Waals surface area (Å²) in [6.45, 7) is 3.23. The molecule has 0 saturated heterocycles. The smallest absolute Gasteiger partial charge is 0.326 e. The molecule has 0 aliphatic heterocycles. The molecule has 0 aliphatic rings. The van der Waals surface area contributed by atoms with Gasteiger partial charge in [0.2, 0.25) is 0 Å². The van der Waals surface area contributed by atoms with E-state index in [9.17, 15) is 14.7 Å². The van der Waals surface area contributed by atoms with E-state index >= 15 is 0 Å². The van der Waals surface area contributed by atoms with Crippen LogP contribution in [0.15, 0.2) is 91.5 Å². The van der Waals surface area contributed by atoms with Crippen molar-refractivity contribution in [1.82, 2.24) is 15.3 Å². The molecular formula is C31H32N4O3S. The molecule has 7 nitrogen and oxygen atoms in total. The largest absolute Gasteiger partial charge is 0.480 e. The third-order valence-electron chi connectivity index (χ3n) is 6.48. The maximum absolute atomic E-state index is 13.4. The van der Waals surface area contributed by atoms with E-state index in [0.29, 0.717) is 30.8 Å². The summed E-state index contributed by atoms with van der Waals surface area (Å²) in [5, 5.41) is 12.4. The second-order valence-electron chi connectivity index (χ2n) is 9.28. The minimum atomic E-state index is -1.03. The van der Waals surface area contributed by atoms with E-state index in [4.69, 9.17) is 0 Å². The summed E-state index contributed by atoms with van der Waals surface area (Å²) in [4.78, 5) is 35.8. The van der Waals surface area contributed by atoms with E-state index in [1.54, 1.807) is 30.2 Å². The molecule has 4 rings (SSSR count). The quantitative estimate of drug-likeness (QED) is 0.242. The third kappa shape index (κ3) is 7.45. The van der Waals surface area contributed by atoms with Crippen molar-refractivity contribution >= 4 is 29.3 Å². The zero-order valence-corrected chi connectivity index (χ0v) is 22.9. The van der Waals surface area contributed by atoms with Crippen LogP contribution in [-0.4, -0.2) is 45.0 Å². The van der Waals surface area contributed by atoms with Crippen LogP contribution in [0.5, 0.6) is 0 Å². The number of nitrogens with one attached hydrogen (secondary N) is 1. The molecule has 200 valence electrons. The van der Waals surface area contributed by atoms with E-state index in [1.165, 1.54) is 6.33 Å². The number of aryl methyl sites for hydroxylation is 1. The first-order valence-electron chi connectivity index (χ1n) is 12.7. The van der Waals surface area contributed by atoms with Gasteiger partial charge in [0.1, 0.15) is 12.4 Å². The van der Waals surface area contributed by atoms with E-state index in [0.717, 1.165) is 33.5 Å². The fourth-order valence-electron chi connectivity index (χ4n) is 4.43. The molecule has 0 saturated carbocycles. The summed E-state index contributed by atoms with van der Waals surface area (Å²) < 4.78 is 0. The fraction of sp³-hybridized carbons (Fsp3) is 0.226. The minimum Gasteiger partial charge on any atom is -0.480 e. The molecule has 0 fully saturated rings. The van der Waals surface area contributed by atoms with Crippen molar-refractivity contribution in [2.45, 2.75) is 32.5 Å². The standard InChI is InChI=1S/C31H32N4O3S/c1-22-8-6-7-11-26(22)28-16-24(12-13-27(28)30(36)34-29(31(37)38)14-15-39-2)20-35(25-17-32-21-33-18-25)19-23-9-4-3-5-10-23/h3-13,16-18,21,29H,14-15,19-20H2,1-2H3,(H,34,36)(H,37,38)/t29-/m0/s1. The fourth-order valence-corrected chi connectivity index (χ4v) is 4.90. The normalized spacial score (nSPS) is 11.5. The Labute approximate surface area is 233 Å². The Kier molecular flexibility index (Phi) is 9.69. The van der Waals surface area contributed by atoms with Crippen molar-refractivity contribution < 1.29 is 14.7 Å². The number of carboxylic acids is 1. The third-order valence-corrected chi connectivity index (χ3v) is 7.12. The van der Waals surface area contributed by atoms with Crippen LogP contribution in [0.25, 0.3) is 11.1 Å². The molecule has 39 heavy (non-hydrogen) atoms. The van der Waals surface area contributed by atoms with Gasteiger partial charge in [-0.3, -0.25) is 4.79 Å². The number of carboxylic acid groups (broad SMARTS) is 1. The first-order chi connectivity index (χ1) is 19.0. The Bertz CT molecular complexity index is 1400. The summed E-state index contributed by atoms with van der Waals surface area (Å²) in [7, 11) is 0. The number of nitrogens with zero attached hydrogens (tertiary/aromatic N) is 3. The van der Waals surface area contributed by atoms with E-state index in [2.05, 4.69) is 32.3 Å². The Morgan fingerprint density at radius 3 is 2.31 bits per heavy atom. The molecule has 1 amide bonds. The van der Waals surface area contributed by atoms with Crippen LogP contribution < -0.4 is 10.2 Å². The van der Waals surface area contributed by atoms with Crippen LogP contribution in [0.3, 0.4) is 0 Å². The molecule has 1 heterocycles. The van der Waals surface area contributed by atoms with Crippen molar-refractivity contribution in [1.29, 1.82) is 0 Å². The number of anilines is 1. The topological polar surface area (TPSA) is 95.4 Å². The number of hydrogen-bond donors (Lipinski definition) is 2. The predicted molar refractivity (Wildman–Crippen MR) is 157 cm³/mol. The zero-order chi connectivity index (χ0) is 27.6. The number of hydrogen-bond acceptors (Lipinski definition) is 6. The predicted octanol–water partition coefficient (Wildman–Crippen LogP) is 5.59. The summed E-state index contributed by atoms with van der Waals surface area (Å²) >= 11 is 1.55. The Morgan fingerprint density at radius 1 is 0.923 bits per heavy atom. The molecule has 0 radical (unpaired) electrons.